The summed E-state index contributed by atoms with van der Waals surface area (Å²) in [6.07, 6.45) is -1.22. The first-order valence-corrected chi connectivity index (χ1v) is 9.62. The second-order valence-electron chi connectivity index (χ2n) is 6.34. The molecule has 0 aliphatic carbocycles. The molecule has 0 saturated carbocycles. The zero-order chi connectivity index (χ0) is 18.3. The number of esters is 1. The summed E-state index contributed by atoms with van der Waals surface area (Å²) in [7, 11) is 0. The van der Waals surface area contributed by atoms with Crippen LogP contribution in [0.3, 0.4) is 0 Å². The van der Waals surface area contributed by atoms with Crippen molar-refractivity contribution in [1.82, 2.24) is 0 Å². The fraction of sp³-hybridized carbons (Fsp3) is 0.529. The fourth-order valence-electron chi connectivity index (χ4n) is 3.43. The standard InChI is InChI=1S/C17H19FN2O5S/c1-10(21)23-9-16-14-8-24-15-7-12(19-2-4-26-5-3-19)11(18)6-13(15)20(14)17(22)25-16/h6-7,14,16H,2-5,8-9H2,1H3/t14-,16-/m0/s1. The van der Waals surface area contributed by atoms with Crippen molar-refractivity contribution < 1.29 is 28.2 Å². The van der Waals surface area contributed by atoms with E-state index >= 15 is 0 Å². The monoisotopic (exact) mass is 382 g/mol. The Morgan fingerprint density at radius 1 is 1.35 bits per heavy atom. The zero-order valence-corrected chi connectivity index (χ0v) is 15.1. The van der Waals surface area contributed by atoms with E-state index in [-0.39, 0.29) is 13.2 Å². The second-order valence-corrected chi connectivity index (χ2v) is 7.57. The molecule has 0 spiro atoms. The molecule has 2 saturated heterocycles. The van der Waals surface area contributed by atoms with E-state index < -0.39 is 30.0 Å². The third-order valence-corrected chi connectivity index (χ3v) is 5.65. The molecule has 1 aromatic rings. The Balaban J connectivity index is 1.60. The van der Waals surface area contributed by atoms with E-state index in [1.165, 1.54) is 17.9 Å². The molecule has 1 amide bonds. The van der Waals surface area contributed by atoms with Gasteiger partial charge in [0.2, 0.25) is 0 Å². The van der Waals surface area contributed by atoms with Gasteiger partial charge in [0.1, 0.15) is 30.8 Å². The number of benzene rings is 1. The molecule has 4 rings (SSSR count). The van der Waals surface area contributed by atoms with Crippen LogP contribution >= 0.6 is 11.8 Å². The Morgan fingerprint density at radius 3 is 2.85 bits per heavy atom. The molecule has 0 aromatic heterocycles. The Morgan fingerprint density at radius 2 is 2.12 bits per heavy atom. The molecule has 2 fully saturated rings. The molecule has 26 heavy (non-hydrogen) atoms. The lowest BCUT2D eigenvalue weighted by Crippen LogP contribution is -2.46. The van der Waals surface area contributed by atoms with Crippen molar-refractivity contribution in [2.24, 2.45) is 0 Å². The Bertz CT molecular complexity index is 740. The van der Waals surface area contributed by atoms with Crippen molar-refractivity contribution in [3.8, 4) is 5.75 Å². The molecule has 3 aliphatic rings. The van der Waals surface area contributed by atoms with E-state index in [4.69, 9.17) is 14.2 Å². The number of hydrogen-bond donors (Lipinski definition) is 0. The lowest BCUT2D eigenvalue weighted by molar-refractivity contribution is -0.143. The topological polar surface area (TPSA) is 68.3 Å². The lowest BCUT2D eigenvalue weighted by atomic mass is 10.1. The zero-order valence-electron chi connectivity index (χ0n) is 14.3. The van der Waals surface area contributed by atoms with Crippen LogP contribution in [0.5, 0.6) is 5.75 Å². The number of cyclic esters (lactones) is 1. The third-order valence-electron chi connectivity index (χ3n) is 4.71. The summed E-state index contributed by atoms with van der Waals surface area (Å²) >= 11 is 1.85. The molecule has 0 N–H and O–H groups in total. The van der Waals surface area contributed by atoms with Crippen LogP contribution in [0, 0.1) is 5.82 Å². The maximum absolute atomic E-state index is 14.7. The van der Waals surface area contributed by atoms with Crippen molar-refractivity contribution >= 4 is 35.2 Å². The number of amides is 1. The SMILES string of the molecule is CC(=O)OC[C@@H]1OC(=O)N2c3cc(F)c(N4CCSCC4)cc3OC[C@@H]12. The number of hydrogen-bond acceptors (Lipinski definition) is 7. The van der Waals surface area contributed by atoms with Gasteiger partial charge in [0, 0.05) is 43.7 Å². The molecule has 1 aromatic carbocycles. The maximum Gasteiger partial charge on any atom is 0.415 e. The van der Waals surface area contributed by atoms with Gasteiger partial charge in [-0.2, -0.15) is 11.8 Å². The van der Waals surface area contributed by atoms with Crippen LogP contribution in [0.1, 0.15) is 6.92 Å². The summed E-state index contributed by atoms with van der Waals surface area (Å²) in [6.45, 7) is 2.99. The van der Waals surface area contributed by atoms with Crippen LogP contribution in [0.4, 0.5) is 20.6 Å². The van der Waals surface area contributed by atoms with Gasteiger partial charge in [0.15, 0.2) is 6.10 Å². The van der Waals surface area contributed by atoms with E-state index in [0.717, 1.165) is 24.6 Å². The van der Waals surface area contributed by atoms with Gasteiger partial charge in [0.25, 0.3) is 0 Å². The summed E-state index contributed by atoms with van der Waals surface area (Å²) in [5.74, 6) is 1.52. The van der Waals surface area contributed by atoms with Crippen LogP contribution in [0.15, 0.2) is 12.1 Å². The molecular weight excluding hydrogens is 363 g/mol. The molecule has 0 bridgehead atoms. The van der Waals surface area contributed by atoms with Crippen molar-refractivity contribution in [3.63, 3.8) is 0 Å². The smallest absolute Gasteiger partial charge is 0.415 e. The van der Waals surface area contributed by atoms with Crippen molar-refractivity contribution in [1.29, 1.82) is 0 Å². The number of rotatable bonds is 3. The Labute approximate surface area is 154 Å². The van der Waals surface area contributed by atoms with E-state index in [9.17, 15) is 14.0 Å². The average molecular weight is 382 g/mol. The number of halogens is 1. The number of thioether (sulfide) groups is 1. The number of nitrogens with zero attached hydrogens (tertiary/aromatic N) is 2. The Kier molecular flexibility index (Phi) is 4.56. The van der Waals surface area contributed by atoms with Gasteiger partial charge in [-0.25, -0.2) is 9.18 Å². The highest BCUT2D eigenvalue weighted by Crippen LogP contribution is 2.42. The summed E-state index contributed by atoms with van der Waals surface area (Å²) in [6, 6.07) is 2.53. The van der Waals surface area contributed by atoms with Gasteiger partial charge in [-0.3, -0.25) is 9.69 Å². The highest BCUT2D eigenvalue weighted by Gasteiger charge is 2.47. The largest absolute Gasteiger partial charge is 0.489 e. The summed E-state index contributed by atoms with van der Waals surface area (Å²) in [5.41, 5.74) is 0.843. The lowest BCUT2D eigenvalue weighted by Gasteiger charge is -2.34. The van der Waals surface area contributed by atoms with Crippen molar-refractivity contribution in [2.75, 3.05) is 47.6 Å². The van der Waals surface area contributed by atoms with Crippen molar-refractivity contribution in [2.45, 2.75) is 19.1 Å². The predicted molar refractivity (Wildman–Crippen MR) is 94.6 cm³/mol. The summed E-state index contributed by atoms with van der Waals surface area (Å²) < 4.78 is 30.8. The highest BCUT2D eigenvalue weighted by molar-refractivity contribution is 7.99. The summed E-state index contributed by atoms with van der Waals surface area (Å²) in [4.78, 5) is 26.7. The molecule has 3 aliphatic heterocycles. The van der Waals surface area contributed by atoms with E-state index in [2.05, 4.69) is 0 Å². The van der Waals surface area contributed by atoms with Crippen LogP contribution in [0.2, 0.25) is 0 Å². The number of fused-ring (bicyclic) bond motifs is 3. The number of anilines is 2. The average Bonchev–Trinajstić information content (AvgIpc) is 2.96. The third kappa shape index (κ3) is 3.04. The predicted octanol–water partition coefficient (Wildman–Crippen LogP) is 2.03. The van der Waals surface area contributed by atoms with Crippen LogP contribution < -0.4 is 14.5 Å². The first kappa shape index (κ1) is 17.3. The van der Waals surface area contributed by atoms with Gasteiger partial charge in [-0.15, -0.1) is 0 Å². The first-order valence-electron chi connectivity index (χ1n) is 8.47. The number of carbonyl (C=O) groups is 2. The summed E-state index contributed by atoms with van der Waals surface area (Å²) in [5, 5.41) is 0. The minimum absolute atomic E-state index is 0.0487. The van der Waals surface area contributed by atoms with E-state index in [1.807, 2.05) is 16.7 Å². The van der Waals surface area contributed by atoms with Crippen LogP contribution in [0.25, 0.3) is 0 Å². The van der Waals surface area contributed by atoms with Gasteiger partial charge in [0.05, 0.1) is 11.4 Å². The number of ether oxygens (including phenoxy) is 3. The molecule has 0 unspecified atom stereocenters. The van der Waals surface area contributed by atoms with E-state index in [0.29, 0.717) is 17.1 Å². The maximum atomic E-state index is 14.7. The molecule has 7 nitrogen and oxygen atoms in total. The van der Waals surface area contributed by atoms with Gasteiger partial charge < -0.3 is 19.1 Å². The highest BCUT2D eigenvalue weighted by atomic mass is 32.2. The van der Waals surface area contributed by atoms with Crippen LogP contribution in [-0.2, 0) is 14.3 Å². The van der Waals surface area contributed by atoms with Gasteiger partial charge in [-0.1, -0.05) is 0 Å². The van der Waals surface area contributed by atoms with Crippen molar-refractivity contribution in [3.05, 3.63) is 17.9 Å². The minimum Gasteiger partial charge on any atom is -0.489 e. The van der Waals surface area contributed by atoms with Gasteiger partial charge >= 0.3 is 12.1 Å². The molecule has 0 radical (unpaired) electrons. The molecule has 9 heteroatoms. The second kappa shape index (κ2) is 6.86. The van der Waals surface area contributed by atoms with E-state index in [1.54, 1.807) is 6.07 Å². The quantitative estimate of drug-likeness (QED) is 0.741. The molecule has 3 heterocycles. The Hall–Kier alpha value is -2.16. The van der Waals surface area contributed by atoms with Gasteiger partial charge in [-0.05, 0) is 0 Å². The minimum atomic E-state index is -0.638. The normalized spacial score (nSPS) is 24.5. The molecule has 140 valence electrons. The molecular formula is C17H19FN2O5S. The number of carbonyl (C=O) groups excluding carboxylic acids is 2. The fourth-order valence-corrected chi connectivity index (χ4v) is 4.33. The van der Waals surface area contributed by atoms with Crippen LogP contribution in [-0.4, -0.2) is 62.0 Å². The first-order chi connectivity index (χ1) is 12.5. The molecule has 2 atom stereocenters.